The highest BCUT2D eigenvalue weighted by atomic mass is 32.2. The van der Waals surface area contributed by atoms with Crippen molar-refractivity contribution in [2.45, 2.75) is 11.8 Å². The van der Waals surface area contributed by atoms with Crippen LogP contribution in [0.4, 0.5) is 5.82 Å². The molecule has 1 aliphatic heterocycles. The van der Waals surface area contributed by atoms with Crippen molar-refractivity contribution in [3.8, 4) is 17.3 Å². The SMILES string of the molecule is Cc1ccn(-c2cc(NCCNS(=O)(=O)c3ccc4c(c3)OCCO4)ncn2)n1. The Bertz CT molecular complexity index is 1120. The summed E-state index contributed by atoms with van der Waals surface area (Å²) in [6.45, 7) is 3.26. The zero-order valence-corrected chi connectivity index (χ0v) is 16.5. The van der Waals surface area contributed by atoms with Crippen LogP contribution in [0.25, 0.3) is 5.82 Å². The fraction of sp³-hybridized carbons (Fsp3) is 0.278. The van der Waals surface area contributed by atoms with Gasteiger partial charge in [0.2, 0.25) is 10.0 Å². The number of hydrogen-bond acceptors (Lipinski definition) is 8. The van der Waals surface area contributed by atoms with Crippen LogP contribution in [-0.2, 0) is 10.0 Å². The van der Waals surface area contributed by atoms with Gasteiger partial charge in [0.05, 0.1) is 10.6 Å². The van der Waals surface area contributed by atoms with Crippen LogP contribution >= 0.6 is 0 Å². The summed E-state index contributed by atoms with van der Waals surface area (Å²) in [7, 11) is -3.67. The molecule has 0 atom stereocenters. The van der Waals surface area contributed by atoms with Crippen LogP contribution in [0.15, 0.2) is 47.8 Å². The smallest absolute Gasteiger partial charge is 0.240 e. The molecule has 0 amide bonds. The van der Waals surface area contributed by atoms with Gasteiger partial charge in [-0.1, -0.05) is 0 Å². The van der Waals surface area contributed by atoms with Crippen LogP contribution in [0.2, 0.25) is 0 Å². The molecule has 0 radical (unpaired) electrons. The molecule has 2 aromatic heterocycles. The first-order valence-corrected chi connectivity index (χ1v) is 10.5. The number of nitrogens with one attached hydrogen (secondary N) is 2. The van der Waals surface area contributed by atoms with Crippen molar-refractivity contribution in [2.75, 3.05) is 31.6 Å². The highest BCUT2D eigenvalue weighted by Crippen LogP contribution is 2.32. The van der Waals surface area contributed by atoms with E-state index in [1.54, 1.807) is 16.8 Å². The van der Waals surface area contributed by atoms with E-state index in [1.165, 1.54) is 18.5 Å². The second kappa shape index (κ2) is 8.05. The zero-order chi connectivity index (χ0) is 20.3. The summed E-state index contributed by atoms with van der Waals surface area (Å²) < 4.78 is 40.1. The van der Waals surface area contributed by atoms with Crippen molar-refractivity contribution in [3.05, 3.63) is 48.5 Å². The van der Waals surface area contributed by atoms with Gasteiger partial charge in [-0.25, -0.2) is 27.8 Å². The van der Waals surface area contributed by atoms with Crippen molar-refractivity contribution in [3.63, 3.8) is 0 Å². The third-order valence-electron chi connectivity index (χ3n) is 4.16. The second-order valence-corrected chi connectivity index (χ2v) is 8.06. The molecule has 3 heterocycles. The fourth-order valence-corrected chi connectivity index (χ4v) is 3.81. The van der Waals surface area contributed by atoms with E-state index < -0.39 is 10.0 Å². The predicted molar refractivity (Wildman–Crippen MR) is 105 cm³/mol. The number of benzene rings is 1. The van der Waals surface area contributed by atoms with Gasteiger partial charge in [-0.05, 0) is 25.1 Å². The van der Waals surface area contributed by atoms with E-state index in [9.17, 15) is 8.42 Å². The quantitative estimate of drug-likeness (QED) is 0.550. The van der Waals surface area contributed by atoms with Crippen molar-refractivity contribution >= 4 is 15.8 Å². The highest BCUT2D eigenvalue weighted by molar-refractivity contribution is 7.89. The number of sulfonamides is 1. The minimum atomic E-state index is -3.67. The van der Waals surface area contributed by atoms with Gasteiger partial charge in [-0.15, -0.1) is 0 Å². The lowest BCUT2D eigenvalue weighted by Crippen LogP contribution is -2.29. The molecule has 3 aromatic rings. The molecule has 0 unspecified atom stereocenters. The van der Waals surface area contributed by atoms with E-state index >= 15 is 0 Å². The monoisotopic (exact) mass is 416 g/mol. The molecule has 10 nitrogen and oxygen atoms in total. The Morgan fingerprint density at radius 1 is 1.07 bits per heavy atom. The summed E-state index contributed by atoms with van der Waals surface area (Å²) in [4.78, 5) is 8.45. The van der Waals surface area contributed by atoms with Crippen molar-refractivity contribution in [1.82, 2.24) is 24.5 Å². The lowest BCUT2D eigenvalue weighted by molar-refractivity contribution is 0.171. The first-order chi connectivity index (χ1) is 14.0. The summed E-state index contributed by atoms with van der Waals surface area (Å²) in [5, 5.41) is 7.37. The number of nitrogens with zero attached hydrogens (tertiary/aromatic N) is 4. The summed E-state index contributed by atoms with van der Waals surface area (Å²) in [5.74, 6) is 2.16. The topological polar surface area (TPSA) is 120 Å². The molecular formula is C18H20N6O4S. The average Bonchev–Trinajstić information content (AvgIpc) is 3.17. The van der Waals surface area contributed by atoms with Crippen LogP contribution in [0, 0.1) is 6.92 Å². The number of aryl methyl sites for hydroxylation is 1. The Balaban J connectivity index is 1.34. The van der Waals surface area contributed by atoms with Crippen molar-refractivity contribution < 1.29 is 17.9 Å². The normalized spacial score (nSPS) is 13.3. The zero-order valence-electron chi connectivity index (χ0n) is 15.7. The largest absolute Gasteiger partial charge is 0.486 e. The van der Waals surface area contributed by atoms with Gasteiger partial charge >= 0.3 is 0 Å². The molecule has 4 rings (SSSR count). The maximum Gasteiger partial charge on any atom is 0.240 e. The number of aromatic nitrogens is 4. The van der Waals surface area contributed by atoms with E-state index in [2.05, 4.69) is 25.1 Å². The van der Waals surface area contributed by atoms with Gasteiger partial charge in [0.15, 0.2) is 17.3 Å². The molecule has 29 heavy (non-hydrogen) atoms. The number of rotatable bonds is 7. The van der Waals surface area contributed by atoms with Gasteiger partial charge in [0.25, 0.3) is 0 Å². The van der Waals surface area contributed by atoms with Crippen LogP contribution < -0.4 is 19.5 Å². The van der Waals surface area contributed by atoms with E-state index in [-0.39, 0.29) is 11.4 Å². The number of fused-ring (bicyclic) bond motifs is 1. The molecular weight excluding hydrogens is 396 g/mol. The maximum atomic E-state index is 12.5. The lowest BCUT2D eigenvalue weighted by atomic mass is 10.3. The van der Waals surface area contributed by atoms with Gasteiger partial charge < -0.3 is 14.8 Å². The molecule has 0 saturated carbocycles. The van der Waals surface area contributed by atoms with Gasteiger partial charge in [0.1, 0.15) is 25.4 Å². The van der Waals surface area contributed by atoms with Gasteiger partial charge in [0, 0.05) is 31.4 Å². The number of hydrogen-bond donors (Lipinski definition) is 2. The first-order valence-electron chi connectivity index (χ1n) is 8.99. The molecule has 2 N–H and O–H groups in total. The Labute approximate surface area is 167 Å². The minimum Gasteiger partial charge on any atom is -0.486 e. The lowest BCUT2D eigenvalue weighted by Gasteiger charge is -2.19. The highest BCUT2D eigenvalue weighted by Gasteiger charge is 2.19. The molecule has 0 saturated heterocycles. The molecule has 1 aliphatic rings. The molecule has 152 valence electrons. The van der Waals surface area contributed by atoms with Gasteiger partial charge in [-0.3, -0.25) is 0 Å². The molecule has 0 bridgehead atoms. The number of ether oxygens (including phenoxy) is 2. The van der Waals surface area contributed by atoms with Crippen LogP contribution in [-0.4, -0.2) is 54.5 Å². The summed E-state index contributed by atoms with van der Waals surface area (Å²) in [5.41, 5.74) is 0.881. The number of anilines is 1. The van der Waals surface area contributed by atoms with Crippen molar-refractivity contribution in [1.29, 1.82) is 0 Å². The summed E-state index contributed by atoms with van der Waals surface area (Å²) in [6, 6.07) is 8.17. The Morgan fingerprint density at radius 3 is 2.69 bits per heavy atom. The van der Waals surface area contributed by atoms with Crippen LogP contribution in [0.3, 0.4) is 0 Å². The first kappa shape index (κ1) is 19.2. The summed E-state index contributed by atoms with van der Waals surface area (Å²) in [6.07, 6.45) is 3.23. The summed E-state index contributed by atoms with van der Waals surface area (Å²) >= 11 is 0. The third-order valence-corrected chi connectivity index (χ3v) is 5.62. The predicted octanol–water partition coefficient (Wildman–Crippen LogP) is 1.13. The Morgan fingerprint density at radius 2 is 1.90 bits per heavy atom. The Kier molecular flexibility index (Phi) is 5.32. The molecule has 0 fully saturated rings. The van der Waals surface area contributed by atoms with Crippen LogP contribution in [0.1, 0.15) is 5.69 Å². The van der Waals surface area contributed by atoms with E-state index in [4.69, 9.17) is 9.47 Å². The van der Waals surface area contributed by atoms with Crippen LogP contribution in [0.5, 0.6) is 11.5 Å². The fourth-order valence-electron chi connectivity index (χ4n) is 2.76. The second-order valence-electron chi connectivity index (χ2n) is 6.29. The molecule has 0 aliphatic carbocycles. The van der Waals surface area contributed by atoms with E-state index in [1.807, 2.05) is 19.2 Å². The van der Waals surface area contributed by atoms with E-state index in [0.717, 1.165) is 5.69 Å². The standard InChI is InChI=1S/C18H20N6O4S/c1-13-4-7-24(23-13)18-11-17(20-12-21-18)19-5-6-22-29(25,26)14-2-3-15-16(10-14)28-9-8-27-15/h2-4,7,10-12,22H,5-6,8-9H2,1H3,(H,19,20,21). The van der Waals surface area contributed by atoms with Crippen molar-refractivity contribution in [2.24, 2.45) is 0 Å². The molecule has 11 heteroatoms. The Hall–Kier alpha value is -3.18. The molecule has 0 spiro atoms. The minimum absolute atomic E-state index is 0.125. The van der Waals surface area contributed by atoms with E-state index in [0.29, 0.717) is 42.9 Å². The molecule has 1 aromatic carbocycles. The third kappa shape index (κ3) is 4.46. The average molecular weight is 416 g/mol. The van der Waals surface area contributed by atoms with Gasteiger partial charge in [-0.2, -0.15) is 5.10 Å². The maximum absolute atomic E-state index is 12.5.